The number of methoxy groups -OCH3 is 1. The molecule has 2 rings (SSSR count). The molecule has 1 aromatic heterocycles. The minimum Gasteiger partial charge on any atom is -0.596 e. The molecule has 18 heavy (non-hydrogen) atoms. The quantitative estimate of drug-likeness (QED) is 0.491. The standard InChI is InChI=1S/C12H11BrN2O3/c1-18-10-4-2-9(3-5-10)6-14-12(8-16)11(13)7-15(14)17/h2-5,7-8H,6H2,1H3. The highest BCUT2D eigenvalue weighted by atomic mass is 79.9. The summed E-state index contributed by atoms with van der Waals surface area (Å²) < 4.78 is 6.89. The summed E-state index contributed by atoms with van der Waals surface area (Å²) >= 11 is 3.17. The number of ether oxygens (including phenoxy) is 1. The zero-order valence-electron chi connectivity index (χ0n) is 9.67. The molecule has 0 radical (unpaired) electrons. The zero-order valence-corrected chi connectivity index (χ0v) is 11.3. The third-order valence-corrected chi connectivity index (χ3v) is 3.20. The summed E-state index contributed by atoms with van der Waals surface area (Å²) in [5.74, 6) is 0.748. The summed E-state index contributed by atoms with van der Waals surface area (Å²) in [6.07, 6.45) is 1.97. The monoisotopic (exact) mass is 310 g/mol. The maximum atomic E-state index is 11.6. The van der Waals surface area contributed by atoms with Gasteiger partial charge in [-0.25, -0.2) is 0 Å². The topological polar surface area (TPSA) is 58.2 Å². The van der Waals surface area contributed by atoms with Crippen molar-refractivity contribution in [1.29, 1.82) is 0 Å². The summed E-state index contributed by atoms with van der Waals surface area (Å²) in [5, 5.41) is 11.6. The molecule has 0 aliphatic carbocycles. The first-order valence-electron chi connectivity index (χ1n) is 5.22. The average Bonchev–Trinajstić information content (AvgIpc) is 2.64. The number of hydrogen-bond acceptors (Lipinski definition) is 3. The third-order valence-electron chi connectivity index (χ3n) is 2.59. The third kappa shape index (κ3) is 2.38. The van der Waals surface area contributed by atoms with Gasteiger partial charge in [0.15, 0.2) is 12.0 Å². The zero-order chi connectivity index (χ0) is 13.1. The van der Waals surface area contributed by atoms with Gasteiger partial charge in [0.2, 0.25) is 6.20 Å². The fourth-order valence-electron chi connectivity index (χ4n) is 1.64. The SMILES string of the molecule is COc1ccc(Cn2c(C=O)c(Br)c[n+]2[O-])cc1. The van der Waals surface area contributed by atoms with E-state index in [-0.39, 0.29) is 0 Å². The van der Waals surface area contributed by atoms with E-state index in [0.717, 1.165) is 11.3 Å². The lowest BCUT2D eigenvalue weighted by Crippen LogP contribution is -2.37. The second-order valence-corrected chi connectivity index (χ2v) is 4.54. The fourth-order valence-corrected chi connectivity index (χ4v) is 2.11. The van der Waals surface area contributed by atoms with Gasteiger partial charge < -0.3 is 9.94 Å². The van der Waals surface area contributed by atoms with Gasteiger partial charge in [0.05, 0.1) is 7.11 Å². The molecule has 5 nitrogen and oxygen atoms in total. The van der Waals surface area contributed by atoms with E-state index in [1.165, 1.54) is 10.9 Å². The van der Waals surface area contributed by atoms with E-state index in [9.17, 15) is 10.0 Å². The molecule has 0 bridgehead atoms. The van der Waals surface area contributed by atoms with Crippen LogP contribution in [0.1, 0.15) is 16.1 Å². The number of aromatic nitrogens is 2. The van der Waals surface area contributed by atoms with E-state index in [2.05, 4.69) is 15.9 Å². The van der Waals surface area contributed by atoms with Gasteiger partial charge in [0.1, 0.15) is 16.8 Å². The molecule has 0 fully saturated rings. The number of rotatable bonds is 4. The van der Waals surface area contributed by atoms with Gasteiger partial charge in [-0.05, 0) is 33.6 Å². The second kappa shape index (κ2) is 5.22. The Hall–Kier alpha value is -1.82. The molecule has 0 amide bonds. The Balaban J connectivity index is 2.30. The number of aldehydes is 1. The lowest BCUT2D eigenvalue weighted by Gasteiger charge is -2.06. The van der Waals surface area contributed by atoms with Crippen LogP contribution in [0.2, 0.25) is 0 Å². The summed E-state index contributed by atoms with van der Waals surface area (Å²) in [4.78, 5) is 11.6. The highest BCUT2D eigenvalue weighted by molar-refractivity contribution is 9.10. The first-order valence-corrected chi connectivity index (χ1v) is 6.01. The van der Waals surface area contributed by atoms with Gasteiger partial charge >= 0.3 is 0 Å². The maximum absolute atomic E-state index is 11.6. The smallest absolute Gasteiger partial charge is 0.224 e. The Kier molecular flexibility index (Phi) is 3.66. The minimum atomic E-state index is 0.320. The van der Waals surface area contributed by atoms with Gasteiger partial charge in [0.25, 0.3) is 0 Å². The highest BCUT2D eigenvalue weighted by Gasteiger charge is 2.16. The molecule has 0 unspecified atom stereocenters. The molecule has 0 saturated carbocycles. The van der Waals surface area contributed by atoms with E-state index in [4.69, 9.17) is 4.74 Å². The number of nitrogens with zero attached hydrogens (tertiary/aromatic N) is 2. The summed E-state index contributed by atoms with van der Waals surface area (Å²) in [7, 11) is 1.59. The van der Waals surface area contributed by atoms with Crippen molar-refractivity contribution in [2.24, 2.45) is 0 Å². The molecule has 0 saturated heterocycles. The molecular weight excluding hydrogens is 300 g/mol. The molecule has 1 heterocycles. The van der Waals surface area contributed by atoms with Crippen LogP contribution in [0.15, 0.2) is 34.9 Å². The van der Waals surface area contributed by atoms with Gasteiger partial charge in [-0.1, -0.05) is 17.0 Å². The lowest BCUT2D eigenvalue weighted by atomic mass is 10.2. The Morgan fingerprint density at radius 3 is 2.67 bits per heavy atom. The van der Waals surface area contributed by atoms with E-state index in [0.29, 0.717) is 27.8 Å². The number of benzene rings is 1. The van der Waals surface area contributed by atoms with Crippen molar-refractivity contribution in [1.82, 2.24) is 4.68 Å². The van der Waals surface area contributed by atoms with Crippen molar-refractivity contribution in [2.75, 3.05) is 7.11 Å². The predicted molar refractivity (Wildman–Crippen MR) is 68.6 cm³/mol. The van der Waals surface area contributed by atoms with Crippen LogP contribution in [0, 0.1) is 5.21 Å². The van der Waals surface area contributed by atoms with Crippen molar-refractivity contribution in [3.8, 4) is 5.75 Å². The van der Waals surface area contributed by atoms with Gasteiger partial charge in [-0.2, -0.15) is 0 Å². The van der Waals surface area contributed by atoms with Crippen LogP contribution in [0.3, 0.4) is 0 Å². The van der Waals surface area contributed by atoms with Crippen LogP contribution >= 0.6 is 15.9 Å². The average molecular weight is 311 g/mol. The molecule has 94 valence electrons. The van der Waals surface area contributed by atoms with E-state index < -0.39 is 0 Å². The van der Waals surface area contributed by atoms with Crippen LogP contribution in [0.4, 0.5) is 0 Å². The molecule has 0 aliphatic rings. The number of hydrogen-bond donors (Lipinski definition) is 0. The summed E-state index contributed by atoms with van der Waals surface area (Å²) in [5.41, 5.74) is 1.23. The second-order valence-electron chi connectivity index (χ2n) is 3.69. The van der Waals surface area contributed by atoms with E-state index >= 15 is 0 Å². The Morgan fingerprint density at radius 1 is 1.44 bits per heavy atom. The normalized spacial score (nSPS) is 10.3. The molecule has 0 spiro atoms. The van der Waals surface area contributed by atoms with Crippen LogP contribution < -0.4 is 9.58 Å². The van der Waals surface area contributed by atoms with E-state index in [1.54, 1.807) is 7.11 Å². The molecule has 0 N–H and O–H groups in total. The number of carbonyl (C=O) groups excluding carboxylic acids is 1. The van der Waals surface area contributed by atoms with Crippen molar-refractivity contribution >= 4 is 22.2 Å². The van der Waals surface area contributed by atoms with Crippen LogP contribution in [0.25, 0.3) is 0 Å². The Bertz CT molecular complexity index is 563. The molecule has 0 aliphatic heterocycles. The minimum absolute atomic E-state index is 0.320. The van der Waals surface area contributed by atoms with Gasteiger partial charge in [0, 0.05) is 0 Å². The lowest BCUT2D eigenvalue weighted by molar-refractivity contribution is -0.693. The molecule has 6 heteroatoms. The summed E-state index contributed by atoms with van der Waals surface area (Å²) in [6.45, 7) is 0.327. The van der Waals surface area contributed by atoms with Gasteiger partial charge in [-0.15, -0.1) is 4.68 Å². The Morgan fingerprint density at radius 2 is 2.11 bits per heavy atom. The predicted octanol–water partition coefficient (Wildman–Crippen LogP) is 1.75. The molecule has 1 aromatic carbocycles. The number of carbonyl (C=O) groups is 1. The van der Waals surface area contributed by atoms with Gasteiger partial charge in [-0.3, -0.25) is 4.79 Å². The van der Waals surface area contributed by atoms with Crippen LogP contribution in [-0.2, 0) is 6.54 Å². The van der Waals surface area contributed by atoms with Crippen LogP contribution in [-0.4, -0.2) is 18.1 Å². The first kappa shape index (κ1) is 12.6. The summed E-state index contributed by atoms with van der Waals surface area (Å²) in [6, 6.07) is 7.32. The molecule has 0 atom stereocenters. The molecule has 2 aromatic rings. The van der Waals surface area contributed by atoms with Crippen LogP contribution in [0.5, 0.6) is 5.75 Å². The first-order chi connectivity index (χ1) is 8.65. The van der Waals surface area contributed by atoms with E-state index in [1.807, 2.05) is 24.3 Å². The Labute approximate surface area is 112 Å². The highest BCUT2D eigenvalue weighted by Crippen LogP contribution is 2.16. The fraction of sp³-hybridized carbons (Fsp3) is 0.167. The van der Waals surface area contributed by atoms with Crippen molar-refractivity contribution in [3.63, 3.8) is 0 Å². The molecular formula is C12H11BrN2O3. The van der Waals surface area contributed by atoms with Crippen molar-refractivity contribution in [2.45, 2.75) is 6.54 Å². The number of halogens is 1. The van der Waals surface area contributed by atoms with Crippen molar-refractivity contribution < 1.29 is 14.4 Å². The largest absolute Gasteiger partial charge is 0.596 e. The van der Waals surface area contributed by atoms with Crippen molar-refractivity contribution in [3.05, 3.63) is 51.4 Å². The maximum Gasteiger partial charge on any atom is 0.224 e.